The lowest BCUT2D eigenvalue weighted by molar-refractivity contribution is -0.137. The van der Waals surface area contributed by atoms with Gasteiger partial charge in [0.25, 0.3) is 5.91 Å². The standard InChI is InChI=1S/C23H20F3N3O.ClH/c1-2-5-17-8-9-18(14-20(17)23(24,25)26)29-22(30)19-6-3-4-7-21(19)28-15-16-10-12-27-13-11-16;/h2-14,28H,15H2,1H3,(H,29,30);1H/b5-2-;. The van der Waals surface area contributed by atoms with Crippen LogP contribution in [0.2, 0.25) is 0 Å². The molecule has 0 fully saturated rings. The van der Waals surface area contributed by atoms with Gasteiger partial charge in [-0.3, -0.25) is 9.78 Å². The number of pyridine rings is 1. The second-order valence-electron chi connectivity index (χ2n) is 6.51. The van der Waals surface area contributed by atoms with Crippen LogP contribution in [-0.2, 0) is 12.7 Å². The molecular weight excluding hydrogens is 427 g/mol. The van der Waals surface area contributed by atoms with Crippen LogP contribution in [0.5, 0.6) is 0 Å². The second kappa shape index (κ2) is 10.6. The van der Waals surface area contributed by atoms with Gasteiger partial charge in [0.15, 0.2) is 0 Å². The number of aromatic nitrogens is 1. The van der Waals surface area contributed by atoms with Gasteiger partial charge in [-0.05, 0) is 54.4 Å². The van der Waals surface area contributed by atoms with Crippen LogP contribution in [0.25, 0.3) is 6.08 Å². The van der Waals surface area contributed by atoms with E-state index in [-0.39, 0.29) is 23.7 Å². The zero-order valence-electron chi connectivity index (χ0n) is 16.6. The molecule has 0 unspecified atom stereocenters. The maximum Gasteiger partial charge on any atom is 0.417 e. The molecule has 0 saturated heterocycles. The van der Waals surface area contributed by atoms with Gasteiger partial charge in [-0.15, -0.1) is 12.4 Å². The third-order valence-corrected chi connectivity index (χ3v) is 4.37. The summed E-state index contributed by atoms with van der Waals surface area (Å²) < 4.78 is 40.1. The number of hydrogen-bond donors (Lipinski definition) is 2. The van der Waals surface area contributed by atoms with Crippen LogP contribution in [0.4, 0.5) is 24.5 Å². The lowest BCUT2D eigenvalue weighted by Crippen LogP contribution is -2.16. The summed E-state index contributed by atoms with van der Waals surface area (Å²) in [6.07, 6.45) is 1.73. The summed E-state index contributed by atoms with van der Waals surface area (Å²) in [4.78, 5) is 16.7. The molecule has 0 spiro atoms. The van der Waals surface area contributed by atoms with Gasteiger partial charge in [0.2, 0.25) is 0 Å². The van der Waals surface area contributed by atoms with E-state index in [1.165, 1.54) is 24.3 Å². The van der Waals surface area contributed by atoms with Crippen molar-refractivity contribution in [3.05, 3.63) is 95.3 Å². The summed E-state index contributed by atoms with van der Waals surface area (Å²) in [7, 11) is 0. The number of anilines is 2. The fourth-order valence-corrected chi connectivity index (χ4v) is 2.94. The number of halogens is 4. The Balaban J connectivity index is 0.00000341. The lowest BCUT2D eigenvalue weighted by atomic mass is 10.0. The normalized spacial score (nSPS) is 11.1. The Morgan fingerprint density at radius 2 is 1.77 bits per heavy atom. The molecule has 0 aliphatic heterocycles. The minimum Gasteiger partial charge on any atom is -0.380 e. The zero-order valence-corrected chi connectivity index (χ0v) is 17.4. The van der Waals surface area contributed by atoms with Gasteiger partial charge in [0.1, 0.15) is 0 Å². The van der Waals surface area contributed by atoms with Crippen LogP contribution in [0.3, 0.4) is 0 Å². The molecule has 0 radical (unpaired) electrons. The van der Waals surface area contributed by atoms with E-state index in [4.69, 9.17) is 0 Å². The molecule has 2 aromatic carbocycles. The smallest absolute Gasteiger partial charge is 0.380 e. The number of nitrogens with one attached hydrogen (secondary N) is 2. The Hall–Kier alpha value is -3.32. The Labute approximate surface area is 184 Å². The van der Waals surface area contributed by atoms with E-state index >= 15 is 0 Å². The number of hydrogen-bond acceptors (Lipinski definition) is 3. The molecule has 8 heteroatoms. The Morgan fingerprint density at radius 1 is 1.06 bits per heavy atom. The first-order valence-electron chi connectivity index (χ1n) is 9.25. The van der Waals surface area contributed by atoms with E-state index in [2.05, 4.69) is 15.6 Å². The fraction of sp³-hybridized carbons (Fsp3) is 0.130. The summed E-state index contributed by atoms with van der Waals surface area (Å²) in [5, 5.41) is 5.75. The van der Waals surface area contributed by atoms with Crippen molar-refractivity contribution >= 4 is 35.8 Å². The highest BCUT2D eigenvalue weighted by molar-refractivity contribution is 6.08. The Morgan fingerprint density at radius 3 is 2.45 bits per heavy atom. The summed E-state index contributed by atoms with van der Waals surface area (Å²) in [5.41, 5.74) is 1.20. The monoisotopic (exact) mass is 447 g/mol. The quantitative estimate of drug-likeness (QED) is 0.458. The number of amides is 1. The maximum atomic E-state index is 13.4. The van der Waals surface area contributed by atoms with Gasteiger partial charge in [-0.1, -0.05) is 30.4 Å². The van der Waals surface area contributed by atoms with Gasteiger partial charge in [0, 0.05) is 30.3 Å². The van der Waals surface area contributed by atoms with Crippen molar-refractivity contribution in [2.45, 2.75) is 19.6 Å². The first-order valence-corrected chi connectivity index (χ1v) is 9.25. The minimum atomic E-state index is -4.53. The molecule has 0 bridgehead atoms. The van der Waals surface area contributed by atoms with Crippen LogP contribution < -0.4 is 10.6 Å². The number of carbonyl (C=O) groups is 1. The largest absolute Gasteiger partial charge is 0.417 e. The first kappa shape index (κ1) is 24.0. The highest BCUT2D eigenvalue weighted by atomic mass is 35.5. The van der Waals surface area contributed by atoms with Crippen molar-refractivity contribution in [2.24, 2.45) is 0 Å². The molecule has 162 valence electrons. The molecule has 3 rings (SSSR count). The van der Waals surface area contributed by atoms with Gasteiger partial charge >= 0.3 is 6.18 Å². The van der Waals surface area contributed by atoms with E-state index in [1.54, 1.807) is 43.6 Å². The number of para-hydroxylation sites is 1. The van der Waals surface area contributed by atoms with Crippen molar-refractivity contribution in [3.8, 4) is 0 Å². The number of carbonyl (C=O) groups excluding carboxylic acids is 1. The average Bonchev–Trinajstić information content (AvgIpc) is 2.73. The van der Waals surface area contributed by atoms with Gasteiger partial charge in [0.05, 0.1) is 11.1 Å². The summed E-state index contributed by atoms with van der Waals surface area (Å²) in [6.45, 7) is 2.12. The molecule has 0 saturated carbocycles. The fourth-order valence-electron chi connectivity index (χ4n) is 2.94. The maximum absolute atomic E-state index is 13.4. The van der Waals surface area contributed by atoms with Crippen LogP contribution in [0.1, 0.15) is 34.0 Å². The van der Waals surface area contributed by atoms with Gasteiger partial charge < -0.3 is 10.6 Å². The molecule has 3 aromatic rings. The van der Waals surface area contributed by atoms with Crippen LogP contribution in [-0.4, -0.2) is 10.9 Å². The topological polar surface area (TPSA) is 54.0 Å². The van der Waals surface area contributed by atoms with Crippen molar-refractivity contribution in [1.82, 2.24) is 4.98 Å². The summed E-state index contributed by atoms with van der Waals surface area (Å²) in [5.74, 6) is -0.500. The predicted molar refractivity (Wildman–Crippen MR) is 119 cm³/mol. The number of alkyl halides is 3. The molecule has 0 aliphatic carbocycles. The molecule has 4 nitrogen and oxygen atoms in total. The SMILES string of the molecule is C/C=C\c1ccc(NC(=O)c2ccccc2NCc2ccncc2)cc1C(F)(F)F.Cl. The molecule has 0 atom stereocenters. The molecule has 31 heavy (non-hydrogen) atoms. The predicted octanol–water partition coefficient (Wildman–Crippen LogP) is 6.42. The molecule has 1 heterocycles. The molecule has 0 aliphatic rings. The third-order valence-electron chi connectivity index (χ3n) is 4.37. The minimum absolute atomic E-state index is 0. The number of rotatable bonds is 6. The van der Waals surface area contributed by atoms with Gasteiger partial charge in [-0.2, -0.15) is 13.2 Å². The third kappa shape index (κ3) is 6.33. The van der Waals surface area contributed by atoms with Crippen molar-refractivity contribution < 1.29 is 18.0 Å². The highest BCUT2D eigenvalue weighted by Gasteiger charge is 2.33. The summed E-state index contributed by atoms with van der Waals surface area (Å²) >= 11 is 0. The number of nitrogens with zero attached hydrogens (tertiary/aromatic N) is 1. The summed E-state index contributed by atoms with van der Waals surface area (Å²) in [6, 6.07) is 14.3. The first-order chi connectivity index (χ1) is 14.4. The zero-order chi connectivity index (χ0) is 21.6. The van der Waals surface area contributed by atoms with Crippen molar-refractivity contribution in [1.29, 1.82) is 0 Å². The molecular formula is C23H21ClF3N3O. The Bertz CT molecular complexity index is 1050. The van der Waals surface area contributed by atoms with Crippen molar-refractivity contribution in [3.63, 3.8) is 0 Å². The number of allylic oxidation sites excluding steroid dienone is 1. The van der Waals surface area contributed by atoms with Gasteiger partial charge in [-0.25, -0.2) is 0 Å². The van der Waals surface area contributed by atoms with Crippen LogP contribution >= 0.6 is 12.4 Å². The van der Waals surface area contributed by atoms with E-state index in [0.29, 0.717) is 17.8 Å². The second-order valence-corrected chi connectivity index (χ2v) is 6.51. The van der Waals surface area contributed by atoms with Crippen molar-refractivity contribution in [2.75, 3.05) is 10.6 Å². The Kier molecular flexibility index (Phi) is 8.22. The molecule has 1 aromatic heterocycles. The lowest BCUT2D eigenvalue weighted by Gasteiger charge is -2.15. The van der Waals surface area contributed by atoms with E-state index in [9.17, 15) is 18.0 Å². The van der Waals surface area contributed by atoms with Crippen LogP contribution in [0, 0.1) is 0 Å². The van der Waals surface area contributed by atoms with E-state index < -0.39 is 17.6 Å². The molecule has 1 amide bonds. The number of benzene rings is 2. The highest BCUT2D eigenvalue weighted by Crippen LogP contribution is 2.34. The van der Waals surface area contributed by atoms with Crippen LogP contribution in [0.15, 0.2) is 73.1 Å². The van der Waals surface area contributed by atoms with E-state index in [1.807, 2.05) is 12.1 Å². The van der Waals surface area contributed by atoms with E-state index in [0.717, 1.165) is 11.6 Å². The average molecular weight is 448 g/mol. The molecule has 2 N–H and O–H groups in total.